The SMILES string of the molecule is OCCc1cccc(Cl)c1I. The fourth-order valence-corrected chi connectivity index (χ4v) is 1.69. The van der Waals surface area contributed by atoms with Crippen molar-refractivity contribution in [3.05, 3.63) is 32.4 Å². The molecule has 1 nitrogen and oxygen atoms in total. The largest absolute Gasteiger partial charge is 0.396 e. The van der Waals surface area contributed by atoms with Gasteiger partial charge in [0.15, 0.2) is 0 Å². The molecule has 0 heterocycles. The molecule has 0 saturated carbocycles. The molecule has 0 radical (unpaired) electrons. The van der Waals surface area contributed by atoms with Gasteiger partial charge in [-0.3, -0.25) is 0 Å². The standard InChI is InChI=1S/C8H8ClIO/c9-7-3-1-2-6(4-5-11)8(7)10/h1-3,11H,4-5H2. The topological polar surface area (TPSA) is 20.2 Å². The van der Waals surface area contributed by atoms with Crippen molar-refractivity contribution in [3.63, 3.8) is 0 Å². The third-order valence-corrected chi connectivity index (χ3v) is 3.32. The van der Waals surface area contributed by atoms with Crippen LogP contribution in [0.4, 0.5) is 0 Å². The van der Waals surface area contributed by atoms with E-state index in [1.165, 1.54) is 0 Å². The molecule has 0 aliphatic carbocycles. The van der Waals surface area contributed by atoms with E-state index in [1.54, 1.807) is 0 Å². The van der Waals surface area contributed by atoms with Crippen LogP contribution in [-0.2, 0) is 6.42 Å². The normalized spacial score (nSPS) is 10.1. The maximum Gasteiger partial charge on any atom is 0.0542 e. The number of hydrogen-bond acceptors (Lipinski definition) is 1. The van der Waals surface area contributed by atoms with Crippen LogP contribution in [0, 0.1) is 3.57 Å². The first-order valence-electron chi connectivity index (χ1n) is 3.29. The number of aliphatic hydroxyl groups excluding tert-OH is 1. The molecule has 0 aliphatic heterocycles. The second kappa shape index (κ2) is 4.28. The number of benzene rings is 1. The molecule has 11 heavy (non-hydrogen) atoms. The first kappa shape index (κ1) is 9.29. The van der Waals surface area contributed by atoms with Crippen molar-refractivity contribution in [3.8, 4) is 0 Å². The highest BCUT2D eigenvalue weighted by Gasteiger charge is 2.01. The van der Waals surface area contributed by atoms with Crippen molar-refractivity contribution < 1.29 is 5.11 Å². The molecular formula is C8H8ClIO. The maximum absolute atomic E-state index is 8.69. The Balaban J connectivity index is 2.96. The summed E-state index contributed by atoms with van der Waals surface area (Å²) in [6.45, 7) is 0.177. The monoisotopic (exact) mass is 282 g/mol. The van der Waals surface area contributed by atoms with E-state index in [0.29, 0.717) is 6.42 Å². The van der Waals surface area contributed by atoms with Gasteiger partial charge >= 0.3 is 0 Å². The average Bonchev–Trinajstić information content (AvgIpc) is 1.99. The summed E-state index contributed by atoms with van der Waals surface area (Å²) < 4.78 is 1.04. The van der Waals surface area contributed by atoms with Gasteiger partial charge in [0.25, 0.3) is 0 Å². The first-order valence-corrected chi connectivity index (χ1v) is 4.75. The minimum atomic E-state index is 0.177. The fourth-order valence-electron chi connectivity index (χ4n) is 0.862. The van der Waals surface area contributed by atoms with E-state index in [4.69, 9.17) is 16.7 Å². The van der Waals surface area contributed by atoms with Crippen molar-refractivity contribution in [2.75, 3.05) is 6.61 Å². The van der Waals surface area contributed by atoms with E-state index in [9.17, 15) is 0 Å². The van der Waals surface area contributed by atoms with Crippen molar-refractivity contribution >= 4 is 34.2 Å². The Morgan fingerprint density at radius 3 is 2.82 bits per heavy atom. The van der Waals surface area contributed by atoms with Crippen LogP contribution < -0.4 is 0 Å². The molecule has 0 atom stereocenters. The van der Waals surface area contributed by atoms with E-state index in [-0.39, 0.29) is 6.61 Å². The molecule has 0 bridgehead atoms. The van der Waals surface area contributed by atoms with E-state index in [2.05, 4.69) is 22.6 Å². The molecule has 1 aromatic carbocycles. The molecule has 0 spiro atoms. The van der Waals surface area contributed by atoms with Gasteiger partial charge in [0, 0.05) is 10.2 Å². The summed E-state index contributed by atoms with van der Waals surface area (Å²) in [5.41, 5.74) is 1.11. The summed E-state index contributed by atoms with van der Waals surface area (Å²) in [5.74, 6) is 0. The van der Waals surface area contributed by atoms with Gasteiger partial charge in [-0.2, -0.15) is 0 Å². The predicted molar refractivity (Wildman–Crippen MR) is 55.0 cm³/mol. The molecule has 1 aromatic rings. The molecule has 0 amide bonds. The third kappa shape index (κ3) is 2.32. The minimum Gasteiger partial charge on any atom is -0.396 e. The lowest BCUT2D eigenvalue weighted by atomic mass is 10.2. The van der Waals surface area contributed by atoms with Crippen LogP contribution in [0.15, 0.2) is 18.2 Å². The molecule has 0 aliphatic rings. The van der Waals surface area contributed by atoms with E-state index >= 15 is 0 Å². The summed E-state index contributed by atoms with van der Waals surface area (Å²) >= 11 is 8.05. The Kier molecular flexibility index (Phi) is 3.62. The highest BCUT2D eigenvalue weighted by molar-refractivity contribution is 14.1. The summed E-state index contributed by atoms with van der Waals surface area (Å²) in [6.07, 6.45) is 0.679. The van der Waals surface area contributed by atoms with Crippen LogP contribution in [0.5, 0.6) is 0 Å². The zero-order chi connectivity index (χ0) is 8.27. The van der Waals surface area contributed by atoms with Crippen molar-refractivity contribution in [2.24, 2.45) is 0 Å². The quantitative estimate of drug-likeness (QED) is 0.826. The van der Waals surface area contributed by atoms with Crippen LogP contribution in [0.1, 0.15) is 5.56 Å². The Morgan fingerprint density at radius 2 is 2.18 bits per heavy atom. The number of hydrogen-bond donors (Lipinski definition) is 1. The lowest BCUT2D eigenvalue weighted by Crippen LogP contribution is -1.93. The van der Waals surface area contributed by atoms with Crippen LogP contribution in [0.25, 0.3) is 0 Å². The van der Waals surface area contributed by atoms with Crippen LogP contribution in [0.3, 0.4) is 0 Å². The molecule has 60 valence electrons. The summed E-state index contributed by atoms with van der Waals surface area (Å²) in [5, 5.41) is 9.45. The van der Waals surface area contributed by atoms with Gasteiger partial charge in [0.1, 0.15) is 0 Å². The Morgan fingerprint density at radius 1 is 1.45 bits per heavy atom. The van der Waals surface area contributed by atoms with Crippen molar-refractivity contribution in [1.82, 2.24) is 0 Å². The lowest BCUT2D eigenvalue weighted by molar-refractivity contribution is 0.299. The second-order valence-corrected chi connectivity index (χ2v) is 3.67. The second-order valence-electron chi connectivity index (χ2n) is 2.19. The van der Waals surface area contributed by atoms with Crippen LogP contribution >= 0.6 is 34.2 Å². The number of rotatable bonds is 2. The minimum absolute atomic E-state index is 0.177. The maximum atomic E-state index is 8.69. The summed E-state index contributed by atoms with van der Waals surface area (Å²) in [4.78, 5) is 0. The first-order chi connectivity index (χ1) is 5.25. The van der Waals surface area contributed by atoms with Crippen LogP contribution in [-0.4, -0.2) is 11.7 Å². The van der Waals surface area contributed by atoms with Gasteiger partial charge in [-0.15, -0.1) is 0 Å². The highest BCUT2D eigenvalue weighted by Crippen LogP contribution is 2.21. The lowest BCUT2D eigenvalue weighted by Gasteiger charge is -2.02. The van der Waals surface area contributed by atoms with Crippen molar-refractivity contribution in [2.45, 2.75) is 6.42 Å². The van der Waals surface area contributed by atoms with Gasteiger partial charge in [-0.1, -0.05) is 23.7 Å². The molecule has 1 rings (SSSR count). The van der Waals surface area contributed by atoms with Gasteiger partial charge in [-0.05, 0) is 40.6 Å². The predicted octanol–water partition coefficient (Wildman–Crippen LogP) is 2.48. The highest BCUT2D eigenvalue weighted by atomic mass is 127. The molecule has 0 fully saturated rings. The summed E-state index contributed by atoms with van der Waals surface area (Å²) in [7, 11) is 0. The molecular weight excluding hydrogens is 274 g/mol. The van der Waals surface area contributed by atoms with Gasteiger partial charge in [0.05, 0.1) is 5.02 Å². The fraction of sp³-hybridized carbons (Fsp3) is 0.250. The molecule has 3 heteroatoms. The zero-order valence-electron chi connectivity index (χ0n) is 5.85. The van der Waals surface area contributed by atoms with Crippen LogP contribution in [0.2, 0.25) is 5.02 Å². The number of aliphatic hydroxyl groups is 1. The summed E-state index contributed by atoms with van der Waals surface area (Å²) in [6, 6.07) is 5.73. The number of halogens is 2. The van der Waals surface area contributed by atoms with Crippen molar-refractivity contribution in [1.29, 1.82) is 0 Å². The third-order valence-electron chi connectivity index (χ3n) is 1.41. The Bertz CT molecular complexity index is 250. The zero-order valence-corrected chi connectivity index (χ0v) is 8.76. The molecule has 1 N–H and O–H groups in total. The smallest absolute Gasteiger partial charge is 0.0542 e. The molecule has 0 saturated heterocycles. The molecule has 0 unspecified atom stereocenters. The Labute approximate surface area is 84.5 Å². The van der Waals surface area contributed by atoms with Gasteiger partial charge in [0.2, 0.25) is 0 Å². The van der Waals surface area contributed by atoms with E-state index in [0.717, 1.165) is 14.2 Å². The average molecular weight is 283 g/mol. The van der Waals surface area contributed by atoms with Gasteiger partial charge < -0.3 is 5.11 Å². The van der Waals surface area contributed by atoms with E-state index in [1.807, 2.05) is 18.2 Å². The Hall–Kier alpha value is 0.200. The molecule has 0 aromatic heterocycles. The van der Waals surface area contributed by atoms with E-state index < -0.39 is 0 Å². The van der Waals surface area contributed by atoms with Gasteiger partial charge in [-0.25, -0.2) is 0 Å².